The highest BCUT2D eigenvalue weighted by molar-refractivity contribution is 4.71. The predicted octanol–water partition coefficient (Wildman–Crippen LogP) is -1.18. The molecule has 4 heteroatoms. The molecule has 13 heavy (non-hydrogen) atoms. The Hall–Kier alpha value is -0.160. The number of aliphatic hydroxyl groups is 1. The van der Waals surface area contributed by atoms with Crippen LogP contribution in [0.4, 0.5) is 0 Å². The lowest BCUT2D eigenvalue weighted by molar-refractivity contribution is 0.113. The van der Waals surface area contributed by atoms with Gasteiger partial charge in [0, 0.05) is 45.8 Å². The van der Waals surface area contributed by atoms with E-state index in [1.807, 2.05) is 7.05 Å². The van der Waals surface area contributed by atoms with Crippen molar-refractivity contribution in [2.45, 2.75) is 0 Å². The van der Waals surface area contributed by atoms with Crippen molar-refractivity contribution in [2.24, 2.45) is 0 Å². The molecule has 2 N–H and O–H groups in total. The van der Waals surface area contributed by atoms with Gasteiger partial charge in [-0.3, -0.25) is 9.80 Å². The van der Waals surface area contributed by atoms with Gasteiger partial charge in [0.05, 0.1) is 6.61 Å². The van der Waals surface area contributed by atoms with E-state index in [1.165, 1.54) is 0 Å². The van der Waals surface area contributed by atoms with Crippen LogP contribution in [0, 0.1) is 0 Å². The first kappa shape index (κ1) is 10.9. The molecule has 0 atom stereocenters. The molecule has 0 amide bonds. The third-order valence-electron chi connectivity index (χ3n) is 2.56. The summed E-state index contributed by atoms with van der Waals surface area (Å²) in [6, 6.07) is 0. The second kappa shape index (κ2) is 6.32. The van der Waals surface area contributed by atoms with Gasteiger partial charge in [-0.1, -0.05) is 0 Å². The summed E-state index contributed by atoms with van der Waals surface area (Å²) >= 11 is 0. The van der Waals surface area contributed by atoms with Gasteiger partial charge in [0.2, 0.25) is 0 Å². The number of likely N-dealkylation sites (N-methyl/N-ethyl adjacent to an activating group) is 1. The van der Waals surface area contributed by atoms with E-state index >= 15 is 0 Å². The molecule has 1 aliphatic rings. The van der Waals surface area contributed by atoms with E-state index in [-0.39, 0.29) is 6.61 Å². The number of nitrogens with zero attached hydrogens (tertiary/aromatic N) is 2. The lowest BCUT2D eigenvalue weighted by Crippen LogP contribution is -2.48. The maximum Gasteiger partial charge on any atom is 0.0558 e. The summed E-state index contributed by atoms with van der Waals surface area (Å²) in [5.41, 5.74) is 0. The summed E-state index contributed by atoms with van der Waals surface area (Å²) in [5, 5.41) is 11.9. The van der Waals surface area contributed by atoms with Crippen LogP contribution >= 0.6 is 0 Å². The highest BCUT2D eigenvalue weighted by Gasteiger charge is 2.14. The monoisotopic (exact) mass is 187 g/mol. The Labute approximate surface area is 80.5 Å². The molecule has 0 bridgehead atoms. The van der Waals surface area contributed by atoms with Crippen LogP contribution in [0.3, 0.4) is 0 Å². The Kier molecular flexibility index (Phi) is 5.31. The van der Waals surface area contributed by atoms with Gasteiger partial charge in [-0.15, -0.1) is 0 Å². The standard InChI is InChI=1S/C9H21N3O/c1-10-2-3-11-4-6-12(7-5-11)8-9-13/h10,13H,2-9H2,1H3. The Morgan fingerprint density at radius 2 is 1.62 bits per heavy atom. The van der Waals surface area contributed by atoms with Crippen LogP contribution in [0.1, 0.15) is 0 Å². The minimum Gasteiger partial charge on any atom is -0.395 e. The molecule has 78 valence electrons. The molecule has 0 aromatic rings. The molecule has 0 aromatic heterocycles. The molecular formula is C9H21N3O. The Morgan fingerprint density at radius 1 is 1.08 bits per heavy atom. The molecular weight excluding hydrogens is 166 g/mol. The fourth-order valence-corrected chi connectivity index (χ4v) is 1.65. The number of nitrogens with one attached hydrogen (secondary N) is 1. The molecule has 1 heterocycles. The number of hydrogen-bond acceptors (Lipinski definition) is 4. The molecule has 0 spiro atoms. The summed E-state index contributed by atoms with van der Waals surface area (Å²) in [6.07, 6.45) is 0. The second-order valence-corrected chi connectivity index (χ2v) is 3.51. The summed E-state index contributed by atoms with van der Waals surface area (Å²) in [5.74, 6) is 0. The zero-order chi connectivity index (χ0) is 9.52. The molecule has 0 unspecified atom stereocenters. The lowest BCUT2D eigenvalue weighted by Gasteiger charge is -2.34. The van der Waals surface area contributed by atoms with E-state index < -0.39 is 0 Å². The van der Waals surface area contributed by atoms with Crippen molar-refractivity contribution < 1.29 is 5.11 Å². The quantitative estimate of drug-likeness (QED) is 0.568. The molecule has 0 radical (unpaired) electrons. The van der Waals surface area contributed by atoms with E-state index in [0.717, 1.165) is 45.8 Å². The molecule has 1 aliphatic heterocycles. The molecule has 0 aliphatic carbocycles. The summed E-state index contributed by atoms with van der Waals surface area (Å²) in [6.45, 7) is 7.82. The van der Waals surface area contributed by atoms with Gasteiger partial charge in [0.25, 0.3) is 0 Å². The van der Waals surface area contributed by atoms with Crippen LogP contribution < -0.4 is 5.32 Å². The highest BCUT2D eigenvalue weighted by Crippen LogP contribution is 1.99. The average Bonchev–Trinajstić information content (AvgIpc) is 2.17. The van der Waals surface area contributed by atoms with Gasteiger partial charge in [-0.05, 0) is 7.05 Å². The second-order valence-electron chi connectivity index (χ2n) is 3.51. The van der Waals surface area contributed by atoms with Gasteiger partial charge < -0.3 is 10.4 Å². The average molecular weight is 187 g/mol. The Morgan fingerprint density at radius 3 is 2.08 bits per heavy atom. The smallest absolute Gasteiger partial charge is 0.0558 e. The van der Waals surface area contributed by atoms with Crippen molar-refractivity contribution in [1.82, 2.24) is 15.1 Å². The minimum absolute atomic E-state index is 0.288. The van der Waals surface area contributed by atoms with Crippen LogP contribution in [-0.4, -0.2) is 74.4 Å². The molecule has 1 fully saturated rings. The van der Waals surface area contributed by atoms with Gasteiger partial charge in [-0.25, -0.2) is 0 Å². The maximum absolute atomic E-state index is 8.76. The van der Waals surface area contributed by atoms with Crippen LogP contribution in [0.15, 0.2) is 0 Å². The van der Waals surface area contributed by atoms with Gasteiger partial charge >= 0.3 is 0 Å². The van der Waals surface area contributed by atoms with Gasteiger partial charge in [-0.2, -0.15) is 0 Å². The van der Waals surface area contributed by atoms with Crippen molar-refractivity contribution in [2.75, 3.05) is 59.5 Å². The number of rotatable bonds is 5. The number of hydrogen-bond donors (Lipinski definition) is 2. The predicted molar refractivity (Wildman–Crippen MR) is 53.9 cm³/mol. The van der Waals surface area contributed by atoms with Crippen LogP contribution in [0.2, 0.25) is 0 Å². The first-order chi connectivity index (χ1) is 6.36. The Balaban J connectivity index is 2.08. The van der Waals surface area contributed by atoms with Crippen LogP contribution in [0.5, 0.6) is 0 Å². The first-order valence-electron chi connectivity index (χ1n) is 5.07. The Bertz CT molecular complexity index is 124. The molecule has 1 saturated heterocycles. The number of aliphatic hydroxyl groups excluding tert-OH is 1. The lowest BCUT2D eigenvalue weighted by atomic mass is 10.3. The summed E-state index contributed by atoms with van der Waals surface area (Å²) < 4.78 is 0. The minimum atomic E-state index is 0.288. The van der Waals surface area contributed by atoms with E-state index in [0.29, 0.717) is 0 Å². The summed E-state index contributed by atoms with van der Waals surface area (Å²) in [7, 11) is 1.99. The highest BCUT2D eigenvalue weighted by atomic mass is 16.3. The van der Waals surface area contributed by atoms with E-state index in [2.05, 4.69) is 15.1 Å². The fraction of sp³-hybridized carbons (Fsp3) is 1.00. The maximum atomic E-state index is 8.76. The molecule has 1 rings (SSSR count). The fourth-order valence-electron chi connectivity index (χ4n) is 1.65. The van der Waals surface area contributed by atoms with Crippen molar-refractivity contribution in [3.63, 3.8) is 0 Å². The van der Waals surface area contributed by atoms with Crippen molar-refractivity contribution >= 4 is 0 Å². The van der Waals surface area contributed by atoms with Crippen LogP contribution in [0.25, 0.3) is 0 Å². The van der Waals surface area contributed by atoms with Crippen molar-refractivity contribution in [3.05, 3.63) is 0 Å². The zero-order valence-corrected chi connectivity index (χ0v) is 8.50. The third-order valence-corrected chi connectivity index (χ3v) is 2.56. The SMILES string of the molecule is CNCCN1CCN(CCO)CC1. The third kappa shape index (κ3) is 4.04. The summed E-state index contributed by atoms with van der Waals surface area (Å²) in [4.78, 5) is 4.78. The van der Waals surface area contributed by atoms with Crippen molar-refractivity contribution in [1.29, 1.82) is 0 Å². The first-order valence-corrected chi connectivity index (χ1v) is 5.07. The van der Waals surface area contributed by atoms with E-state index in [4.69, 9.17) is 5.11 Å². The van der Waals surface area contributed by atoms with Gasteiger partial charge in [0.15, 0.2) is 0 Å². The largest absolute Gasteiger partial charge is 0.395 e. The molecule has 4 nitrogen and oxygen atoms in total. The molecule has 0 aromatic carbocycles. The number of piperazine rings is 1. The van der Waals surface area contributed by atoms with E-state index in [1.54, 1.807) is 0 Å². The van der Waals surface area contributed by atoms with Crippen LogP contribution in [-0.2, 0) is 0 Å². The van der Waals surface area contributed by atoms with Gasteiger partial charge in [0.1, 0.15) is 0 Å². The normalized spacial score (nSPS) is 20.8. The molecule has 0 saturated carbocycles. The van der Waals surface area contributed by atoms with Crippen molar-refractivity contribution in [3.8, 4) is 0 Å². The number of β-amino-alcohol motifs (C(OH)–C–C–N with tert-alkyl or cyclic N) is 1. The topological polar surface area (TPSA) is 38.7 Å². The van der Waals surface area contributed by atoms with E-state index in [9.17, 15) is 0 Å². The zero-order valence-electron chi connectivity index (χ0n) is 8.50.